The lowest BCUT2D eigenvalue weighted by Gasteiger charge is -2.29. The summed E-state index contributed by atoms with van der Waals surface area (Å²) in [4.78, 5) is 14.2. The lowest BCUT2D eigenvalue weighted by atomic mass is 9.83. The summed E-state index contributed by atoms with van der Waals surface area (Å²) in [5, 5.41) is 0. The molecule has 1 aromatic carbocycles. The van der Waals surface area contributed by atoms with Crippen LogP contribution in [0, 0.1) is 5.92 Å². The predicted molar refractivity (Wildman–Crippen MR) is 83.1 cm³/mol. The first-order valence-corrected chi connectivity index (χ1v) is 8.04. The van der Waals surface area contributed by atoms with E-state index in [9.17, 15) is 4.79 Å². The van der Waals surface area contributed by atoms with Crippen LogP contribution in [0.3, 0.4) is 0 Å². The number of quaternary nitrogens is 1. The number of ketones is 1. The van der Waals surface area contributed by atoms with Gasteiger partial charge in [-0.15, -0.1) is 0 Å². The fraction of sp³-hybridized carbons (Fsp3) is 0.500. The largest absolute Gasteiger partial charge is 0.370 e. The number of allylic oxidation sites excluding steroid dienone is 1. The molecule has 0 bridgehead atoms. The van der Waals surface area contributed by atoms with Crippen molar-refractivity contribution in [1.82, 2.24) is 0 Å². The topological polar surface area (TPSA) is 30.7 Å². The van der Waals surface area contributed by atoms with Gasteiger partial charge in [-0.3, -0.25) is 4.79 Å². The zero-order valence-electron chi connectivity index (χ0n) is 12.5. The Kier molecular flexibility index (Phi) is 4.84. The summed E-state index contributed by atoms with van der Waals surface area (Å²) in [5.41, 5.74) is 2.16. The molecule has 1 aliphatic carbocycles. The number of hydrogen-bond donors (Lipinski definition) is 1. The minimum atomic E-state index is 0.210. The van der Waals surface area contributed by atoms with Crippen molar-refractivity contribution < 1.29 is 14.4 Å². The van der Waals surface area contributed by atoms with E-state index in [1.165, 1.54) is 4.90 Å². The van der Waals surface area contributed by atoms with Gasteiger partial charge in [0.2, 0.25) is 0 Å². The number of ether oxygens (including phenoxy) is 1. The molecule has 0 amide bonds. The number of Topliss-reactive ketones (excluding diaryl/α,β-unsaturated/α-hetero) is 1. The standard InChI is InChI=1S/C18H23NO2/c20-18-16(13-15-5-2-1-3-6-15)7-4-8-17(18)14-19-9-11-21-12-10-19/h1-3,5-6,13,17H,4,7-12,14H2/p+1/b16-13+/t17-/m1/s1. The zero-order valence-corrected chi connectivity index (χ0v) is 12.5. The van der Waals surface area contributed by atoms with Gasteiger partial charge in [0.15, 0.2) is 5.78 Å². The Hall–Kier alpha value is -1.45. The van der Waals surface area contributed by atoms with Gasteiger partial charge in [-0.05, 0) is 36.5 Å². The van der Waals surface area contributed by atoms with E-state index in [-0.39, 0.29) is 5.92 Å². The van der Waals surface area contributed by atoms with Crippen LogP contribution in [0.15, 0.2) is 35.9 Å². The van der Waals surface area contributed by atoms with Crippen LogP contribution in [0.5, 0.6) is 0 Å². The number of benzene rings is 1. The Labute approximate surface area is 126 Å². The van der Waals surface area contributed by atoms with Crippen molar-refractivity contribution in [2.45, 2.75) is 19.3 Å². The molecule has 2 fully saturated rings. The molecule has 3 rings (SSSR count). The fourth-order valence-electron chi connectivity index (χ4n) is 3.36. The molecule has 3 heteroatoms. The molecule has 0 aromatic heterocycles. The molecule has 2 aliphatic rings. The second-order valence-electron chi connectivity index (χ2n) is 6.10. The third-order valence-electron chi connectivity index (χ3n) is 4.56. The number of carbonyl (C=O) groups excluding carboxylic acids is 1. The average Bonchev–Trinajstić information content (AvgIpc) is 2.53. The Morgan fingerprint density at radius 3 is 2.71 bits per heavy atom. The van der Waals surface area contributed by atoms with Gasteiger partial charge in [-0.2, -0.15) is 0 Å². The number of morpholine rings is 1. The molecule has 1 aromatic rings. The number of rotatable bonds is 3. The number of carbonyl (C=O) groups is 1. The predicted octanol–water partition coefficient (Wildman–Crippen LogP) is 1.35. The second kappa shape index (κ2) is 7.01. The van der Waals surface area contributed by atoms with Crippen LogP contribution in [0.2, 0.25) is 0 Å². The number of nitrogens with one attached hydrogen (secondary N) is 1. The van der Waals surface area contributed by atoms with Gasteiger partial charge in [0, 0.05) is 0 Å². The van der Waals surface area contributed by atoms with Crippen molar-refractivity contribution in [1.29, 1.82) is 0 Å². The van der Waals surface area contributed by atoms with Crippen LogP contribution < -0.4 is 4.90 Å². The molecule has 21 heavy (non-hydrogen) atoms. The van der Waals surface area contributed by atoms with E-state index in [1.54, 1.807) is 0 Å². The summed E-state index contributed by atoms with van der Waals surface area (Å²) in [6, 6.07) is 10.2. The second-order valence-corrected chi connectivity index (χ2v) is 6.10. The minimum Gasteiger partial charge on any atom is -0.370 e. The number of hydrogen-bond acceptors (Lipinski definition) is 2. The van der Waals surface area contributed by atoms with Crippen LogP contribution in [-0.4, -0.2) is 38.6 Å². The monoisotopic (exact) mass is 286 g/mol. The maximum Gasteiger partial charge on any atom is 0.167 e. The van der Waals surface area contributed by atoms with Crippen molar-refractivity contribution in [2.24, 2.45) is 5.92 Å². The van der Waals surface area contributed by atoms with Crippen molar-refractivity contribution in [3.05, 3.63) is 41.5 Å². The summed E-state index contributed by atoms with van der Waals surface area (Å²) >= 11 is 0. The fourth-order valence-corrected chi connectivity index (χ4v) is 3.36. The Bertz CT molecular complexity index is 503. The lowest BCUT2D eigenvalue weighted by Crippen LogP contribution is -3.14. The van der Waals surface area contributed by atoms with Crippen molar-refractivity contribution >= 4 is 11.9 Å². The third-order valence-corrected chi connectivity index (χ3v) is 4.56. The zero-order chi connectivity index (χ0) is 14.5. The van der Waals surface area contributed by atoms with E-state index in [4.69, 9.17) is 4.74 Å². The van der Waals surface area contributed by atoms with E-state index < -0.39 is 0 Å². The van der Waals surface area contributed by atoms with Crippen molar-refractivity contribution in [3.8, 4) is 0 Å². The molecule has 1 saturated carbocycles. The molecule has 1 heterocycles. The first-order valence-electron chi connectivity index (χ1n) is 8.04. The molecular formula is C18H24NO2+. The maximum absolute atomic E-state index is 12.7. The van der Waals surface area contributed by atoms with Crippen LogP contribution in [0.4, 0.5) is 0 Å². The van der Waals surface area contributed by atoms with E-state index in [0.29, 0.717) is 5.78 Å². The molecule has 1 saturated heterocycles. The van der Waals surface area contributed by atoms with Crippen molar-refractivity contribution in [3.63, 3.8) is 0 Å². The van der Waals surface area contributed by atoms with Gasteiger partial charge in [0.25, 0.3) is 0 Å². The summed E-state index contributed by atoms with van der Waals surface area (Å²) in [7, 11) is 0. The van der Waals surface area contributed by atoms with Gasteiger partial charge in [-0.25, -0.2) is 0 Å². The Balaban J connectivity index is 1.67. The molecule has 3 nitrogen and oxygen atoms in total. The molecule has 112 valence electrons. The van der Waals surface area contributed by atoms with Gasteiger partial charge in [0.05, 0.1) is 25.7 Å². The third kappa shape index (κ3) is 3.80. The molecule has 1 N–H and O–H groups in total. The van der Waals surface area contributed by atoms with E-state index in [0.717, 1.165) is 63.2 Å². The highest BCUT2D eigenvalue weighted by atomic mass is 16.5. The van der Waals surface area contributed by atoms with Crippen LogP contribution in [0.25, 0.3) is 6.08 Å². The molecule has 0 radical (unpaired) electrons. The van der Waals surface area contributed by atoms with Crippen molar-refractivity contribution in [2.75, 3.05) is 32.8 Å². The molecule has 0 unspecified atom stereocenters. The smallest absolute Gasteiger partial charge is 0.167 e. The Morgan fingerprint density at radius 1 is 1.19 bits per heavy atom. The van der Waals surface area contributed by atoms with Gasteiger partial charge < -0.3 is 9.64 Å². The maximum atomic E-state index is 12.7. The highest BCUT2D eigenvalue weighted by Gasteiger charge is 2.30. The van der Waals surface area contributed by atoms with Gasteiger partial charge in [0.1, 0.15) is 13.1 Å². The van der Waals surface area contributed by atoms with Crippen LogP contribution in [-0.2, 0) is 9.53 Å². The lowest BCUT2D eigenvalue weighted by molar-refractivity contribution is -0.910. The Morgan fingerprint density at radius 2 is 1.95 bits per heavy atom. The van der Waals surface area contributed by atoms with E-state index in [1.807, 2.05) is 18.2 Å². The summed E-state index contributed by atoms with van der Waals surface area (Å²) in [5.74, 6) is 0.589. The van der Waals surface area contributed by atoms with E-state index >= 15 is 0 Å². The first kappa shape index (κ1) is 14.5. The molecule has 1 atom stereocenters. The SMILES string of the molecule is O=C1/C(=C/c2ccccc2)CCC[C@@H]1C[NH+]1CCOCC1. The van der Waals surface area contributed by atoms with E-state index in [2.05, 4.69) is 18.2 Å². The van der Waals surface area contributed by atoms with Gasteiger partial charge >= 0.3 is 0 Å². The summed E-state index contributed by atoms with van der Waals surface area (Å²) in [6.45, 7) is 4.74. The highest BCUT2D eigenvalue weighted by molar-refractivity contribution is 6.01. The highest BCUT2D eigenvalue weighted by Crippen LogP contribution is 2.26. The molecule has 1 aliphatic heterocycles. The molecule has 0 spiro atoms. The first-order chi connectivity index (χ1) is 10.3. The molecular weight excluding hydrogens is 262 g/mol. The normalized spacial score (nSPS) is 26.2. The van der Waals surface area contributed by atoms with Gasteiger partial charge in [-0.1, -0.05) is 30.3 Å². The van der Waals surface area contributed by atoms with Crippen LogP contribution in [0.1, 0.15) is 24.8 Å². The summed E-state index contributed by atoms with van der Waals surface area (Å²) in [6.07, 6.45) is 5.21. The summed E-state index contributed by atoms with van der Waals surface area (Å²) < 4.78 is 5.40. The minimum absolute atomic E-state index is 0.210. The van der Waals surface area contributed by atoms with Crippen LogP contribution >= 0.6 is 0 Å². The quantitative estimate of drug-likeness (QED) is 0.851. The average molecular weight is 286 g/mol.